The Morgan fingerprint density at radius 3 is 2.27 bits per heavy atom. The molecule has 160 valence electrons. The number of rotatable bonds is 5. The van der Waals surface area contributed by atoms with Crippen molar-refractivity contribution < 1.29 is 13.2 Å². The van der Waals surface area contributed by atoms with Crippen LogP contribution in [0.15, 0.2) is 53.4 Å². The summed E-state index contributed by atoms with van der Waals surface area (Å²) in [6.45, 7) is 5.17. The monoisotopic (exact) mass is 427 g/mol. The van der Waals surface area contributed by atoms with Crippen molar-refractivity contribution in [2.24, 2.45) is 5.92 Å². The first-order chi connectivity index (χ1) is 14.4. The lowest BCUT2D eigenvalue weighted by Crippen LogP contribution is -2.53. The molecule has 1 saturated heterocycles. The Balaban J connectivity index is 1.39. The number of piperazine rings is 1. The van der Waals surface area contributed by atoms with Crippen LogP contribution in [0.3, 0.4) is 0 Å². The maximum atomic E-state index is 13.1. The number of sulfonamides is 1. The van der Waals surface area contributed by atoms with Gasteiger partial charge in [0.1, 0.15) is 0 Å². The molecule has 0 spiro atoms. The van der Waals surface area contributed by atoms with Crippen LogP contribution >= 0.6 is 0 Å². The predicted octanol–water partition coefficient (Wildman–Crippen LogP) is 3.47. The SMILES string of the molecule is Cc1ccc(S(=O)(=O)N2CCN(C(=O)NC(c3ccccc3)C3CC3)CC2)c(C)c1. The Bertz CT molecular complexity index is 1010. The summed E-state index contributed by atoms with van der Waals surface area (Å²) in [5.74, 6) is 0.488. The molecule has 1 unspecified atom stereocenters. The smallest absolute Gasteiger partial charge is 0.317 e. The summed E-state index contributed by atoms with van der Waals surface area (Å²) >= 11 is 0. The van der Waals surface area contributed by atoms with E-state index in [0.29, 0.717) is 37.0 Å². The van der Waals surface area contributed by atoms with Gasteiger partial charge < -0.3 is 10.2 Å². The molecule has 6 nitrogen and oxygen atoms in total. The number of hydrogen-bond acceptors (Lipinski definition) is 3. The number of hydrogen-bond donors (Lipinski definition) is 1. The molecule has 2 aromatic rings. The molecule has 4 rings (SSSR count). The predicted molar refractivity (Wildman–Crippen MR) is 117 cm³/mol. The number of carbonyl (C=O) groups is 1. The summed E-state index contributed by atoms with van der Waals surface area (Å²) in [6, 6.07) is 15.4. The van der Waals surface area contributed by atoms with E-state index >= 15 is 0 Å². The van der Waals surface area contributed by atoms with Gasteiger partial charge in [-0.1, -0.05) is 48.0 Å². The van der Waals surface area contributed by atoms with E-state index in [0.717, 1.165) is 29.5 Å². The molecule has 2 amide bonds. The van der Waals surface area contributed by atoms with Crippen LogP contribution in [0.1, 0.15) is 35.6 Å². The molecular weight excluding hydrogens is 398 g/mol. The van der Waals surface area contributed by atoms with Gasteiger partial charge in [-0.15, -0.1) is 0 Å². The van der Waals surface area contributed by atoms with Crippen molar-refractivity contribution in [3.05, 3.63) is 65.2 Å². The highest BCUT2D eigenvalue weighted by Gasteiger charge is 2.36. The van der Waals surface area contributed by atoms with Crippen molar-refractivity contribution in [2.45, 2.75) is 37.6 Å². The number of aryl methyl sites for hydroxylation is 2. The number of nitrogens with zero attached hydrogens (tertiary/aromatic N) is 2. The van der Waals surface area contributed by atoms with Crippen LogP contribution in [0.5, 0.6) is 0 Å². The Kier molecular flexibility index (Phi) is 5.84. The molecule has 0 radical (unpaired) electrons. The first kappa shape index (κ1) is 20.9. The molecule has 1 heterocycles. The topological polar surface area (TPSA) is 69.7 Å². The Hall–Kier alpha value is -2.38. The fourth-order valence-corrected chi connectivity index (χ4v) is 5.77. The lowest BCUT2D eigenvalue weighted by molar-refractivity contribution is 0.167. The van der Waals surface area contributed by atoms with Gasteiger partial charge in [-0.05, 0) is 49.8 Å². The molecule has 2 aliphatic rings. The summed E-state index contributed by atoms with van der Waals surface area (Å²) in [5.41, 5.74) is 2.92. The second kappa shape index (κ2) is 8.40. The molecule has 1 saturated carbocycles. The van der Waals surface area contributed by atoms with Crippen LogP contribution in [0.25, 0.3) is 0 Å². The van der Waals surface area contributed by atoms with E-state index in [2.05, 4.69) is 17.4 Å². The van der Waals surface area contributed by atoms with E-state index in [9.17, 15) is 13.2 Å². The van der Waals surface area contributed by atoms with Gasteiger partial charge in [-0.3, -0.25) is 0 Å². The molecular formula is C23H29N3O3S. The molecule has 1 N–H and O–H groups in total. The maximum absolute atomic E-state index is 13.1. The third-order valence-corrected chi connectivity index (χ3v) is 8.06. The van der Waals surface area contributed by atoms with Gasteiger partial charge in [0.25, 0.3) is 0 Å². The number of urea groups is 1. The van der Waals surface area contributed by atoms with E-state index in [1.54, 1.807) is 11.0 Å². The van der Waals surface area contributed by atoms with Gasteiger partial charge in [0.2, 0.25) is 10.0 Å². The molecule has 1 aliphatic heterocycles. The first-order valence-corrected chi connectivity index (χ1v) is 12.0. The van der Waals surface area contributed by atoms with Gasteiger partial charge >= 0.3 is 6.03 Å². The summed E-state index contributed by atoms with van der Waals surface area (Å²) in [6.07, 6.45) is 2.25. The zero-order valence-corrected chi connectivity index (χ0v) is 18.4. The molecule has 7 heteroatoms. The molecule has 0 bridgehead atoms. The van der Waals surface area contributed by atoms with Crippen molar-refractivity contribution in [3.63, 3.8) is 0 Å². The van der Waals surface area contributed by atoms with Gasteiger partial charge in [0, 0.05) is 26.2 Å². The number of nitrogens with one attached hydrogen (secondary N) is 1. The Labute approximate surface area is 178 Å². The van der Waals surface area contributed by atoms with Gasteiger partial charge in [-0.2, -0.15) is 4.31 Å². The second-order valence-electron chi connectivity index (χ2n) is 8.34. The minimum Gasteiger partial charge on any atom is -0.331 e. The summed E-state index contributed by atoms with van der Waals surface area (Å²) < 4.78 is 27.6. The third kappa shape index (κ3) is 4.37. The van der Waals surface area contributed by atoms with Crippen LogP contribution in [-0.4, -0.2) is 49.8 Å². The normalized spacial score (nSPS) is 18.8. The van der Waals surface area contributed by atoms with Crippen LogP contribution in [0, 0.1) is 19.8 Å². The van der Waals surface area contributed by atoms with E-state index < -0.39 is 10.0 Å². The standard InChI is InChI=1S/C23H29N3O3S/c1-17-8-11-21(18(2)16-17)30(28,29)26-14-12-25(13-15-26)23(27)24-22(20-9-10-20)19-6-4-3-5-7-19/h3-8,11,16,20,22H,9-10,12-15H2,1-2H3,(H,24,27). The van der Waals surface area contributed by atoms with Crippen molar-refractivity contribution in [3.8, 4) is 0 Å². The van der Waals surface area contributed by atoms with Gasteiger partial charge in [0.15, 0.2) is 0 Å². The molecule has 1 atom stereocenters. The lowest BCUT2D eigenvalue weighted by atomic mass is 10.0. The zero-order valence-electron chi connectivity index (χ0n) is 17.5. The van der Waals surface area contributed by atoms with Crippen LogP contribution in [0.4, 0.5) is 4.79 Å². The number of carbonyl (C=O) groups excluding carboxylic acids is 1. The molecule has 0 aromatic heterocycles. The minimum atomic E-state index is -3.55. The van der Waals surface area contributed by atoms with Crippen LogP contribution in [0.2, 0.25) is 0 Å². The Morgan fingerprint density at radius 1 is 1.00 bits per heavy atom. The molecule has 30 heavy (non-hydrogen) atoms. The number of benzene rings is 2. The maximum Gasteiger partial charge on any atom is 0.317 e. The highest BCUT2D eigenvalue weighted by molar-refractivity contribution is 7.89. The summed E-state index contributed by atoms with van der Waals surface area (Å²) in [7, 11) is -3.55. The van der Waals surface area contributed by atoms with E-state index in [1.807, 2.05) is 44.2 Å². The zero-order chi connectivity index (χ0) is 21.3. The summed E-state index contributed by atoms with van der Waals surface area (Å²) in [5, 5.41) is 3.18. The van der Waals surface area contributed by atoms with Crippen molar-refractivity contribution in [2.75, 3.05) is 26.2 Å². The molecule has 2 fully saturated rings. The Morgan fingerprint density at radius 2 is 1.67 bits per heavy atom. The van der Waals surface area contributed by atoms with Crippen molar-refractivity contribution in [1.82, 2.24) is 14.5 Å². The summed E-state index contributed by atoms with van der Waals surface area (Å²) in [4.78, 5) is 15.0. The van der Waals surface area contributed by atoms with E-state index in [-0.39, 0.29) is 12.1 Å². The van der Waals surface area contributed by atoms with Crippen molar-refractivity contribution >= 4 is 16.1 Å². The quantitative estimate of drug-likeness (QED) is 0.794. The first-order valence-electron chi connectivity index (χ1n) is 10.5. The molecule has 2 aromatic carbocycles. The van der Waals surface area contributed by atoms with E-state index in [4.69, 9.17) is 0 Å². The van der Waals surface area contributed by atoms with E-state index in [1.165, 1.54) is 4.31 Å². The average Bonchev–Trinajstić information content (AvgIpc) is 3.57. The van der Waals surface area contributed by atoms with Crippen LogP contribution < -0.4 is 5.32 Å². The largest absolute Gasteiger partial charge is 0.331 e. The fourth-order valence-electron chi connectivity index (χ4n) is 4.15. The minimum absolute atomic E-state index is 0.0238. The van der Waals surface area contributed by atoms with Gasteiger partial charge in [-0.25, -0.2) is 13.2 Å². The van der Waals surface area contributed by atoms with Gasteiger partial charge in [0.05, 0.1) is 10.9 Å². The number of amides is 2. The highest BCUT2D eigenvalue weighted by atomic mass is 32.2. The fraction of sp³-hybridized carbons (Fsp3) is 0.435. The second-order valence-corrected chi connectivity index (χ2v) is 10.2. The lowest BCUT2D eigenvalue weighted by Gasteiger charge is -2.35. The third-order valence-electron chi connectivity index (χ3n) is 6.01. The average molecular weight is 428 g/mol. The van der Waals surface area contributed by atoms with Crippen molar-refractivity contribution in [1.29, 1.82) is 0 Å². The molecule has 1 aliphatic carbocycles. The highest BCUT2D eigenvalue weighted by Crippen LogP contribution is 2.41. The van der Waals surface area contributed by atoms with Crippen LogP contribution in [-0.2, 0) is 10.0 Å².